The Kier molecular flexibility index (Phi) is 4.71. The molecule has 0 radical (unpaired) electrons. The average Bonchev–Trinajstić information content (AvgIpc) is 3.14. The summed E-state index contributed by atoms with van der Waals surface area (Å²) in [4.78, 5) is 21.6. The third-order valence-corrected chi connectivity index (χ3v) is 4.92. The Morgan fingerprint density at radius 2 is 2.17 bits per heavy atom. The smallest absolute Gasteiger partial charge is 0.227 e. The molecule has 0 N–H and O–H groups in total. The van der Waals surface area contributed by atoms with Crippen LogP contribution in [0, 0.1) is 13.8 Å². The third-order valence-electron chi connectivity index (χ3n) is 4.92. The molecule has 7 heteroatoms. The van der Waals surface area contributed by atoms with E-state index in [1.165, 1.54) is 0 Å². The van der Waals surface area contributed by atoms with Crippen molar-refractivity contribution in [1.82, 2.24) is 24.5 Å². The maximum atomic E-state index is 12.8. The van der Waals surface area contributed by atoms with Crippen LogP contribution in [-0.4, -0.2) is 56.6 Å². The molecule has 1 atom stereocenters. The molecule has 3 rings (SSSR count). The number of aryl methyl sites for hydroxylation is 3. The second kappa shape index (κ2) is 6.76. The van der Waals surface area contributed by atoms with Gasteiger partial charge < -0.3 is 14.0 Å². The highest BCUT2D eigenvalue weighted by Gasteiger charge is 2.32. The van der Waals surface area contributed by atoms with E-state index in [1.54, 1.807) is 0 Å². The summed E-state index contributed by atoms with van der Waals surface area (Å²) in [6.45, 7) is 9.11. The molecule has 1 aliphatic heterocycles. The molecular weight excluding hydrogens is 306 g/mol. The molecule has 130 valence electrons. The number of carbonyl (C=O) groups is 1. The molecule has 1 saturated heterocycles. The van der Waals surface area contributed by atoms with Crippen molar-refractivity contribution in [3.8, 4) is 0 Å². The quantitative estimate of drug-likeness (QED) is 0.849. The fourth-order valence-electron chi connectivity index (χ4n) is 3.39. The summed E-state index contributed by atoms with van der Waals surface area (Å²) in [7, 11) is 2.00. The normalized spacial score (nSPS) is 19.0. The van der Waals surface area contributed by atoms with E-state index in [4.69, 9.17) is 4.52 Å². The number of hydrogen-bond acceptors (Lipinski definition) is 5. The van der Waals surface area contributed by atoms with Gasteiger partial charge in [0.25, 0.3) is 0 Å². The van der Waals surface area contributed by atoms with Crippen LogP contribution in [0.4, 0.5) is 0 Å². The van der Waals surface area contributed by atoms with E-state index in [2.05, 4.69) is 22.0 Å². The number of likely N-dealkylation sites (N-methyl/N-ethyl adjacent to an activating group) is 1. The average molecular weight is 331 g/mol. The van der Waals surface area contributed by atoms with Crippen LogP contribution in [0.5, 0.6) is 0 Å². The summed E-state index contributed by atoms with van der Waals surface area (Å²) in [5.41, 5.74) is 1.71. The molecule has 0 aromatic carbocycles. The number of rotatable bonds is 4. The van der Waals surface area contributed by atoms with E-state index in [-0.39, 0.29) is 11.9 Å². The first-order valence-corrected chi connectivity index (χ1v) is 8.42. The zero-order valence-corrected chi connectivity index (χ0v) is 14.8. The molecule has 1 aliphatic rings. The van der Waals surface area contributed by atoms with Gasteiger partial charge >= 0.3 is 0 Å². The predicted molar refractivity (Wildman–Crippen MR) is 89.5 cm³/mol. The maximum Gasteiger partial charge on any atom is 0.227 e. The molecule has 0 bridgehead atoms. The lowest BCUT2D eigenvalue weighted by molar-refractivity contribution is -0.133. The lowest BCUT2D eigenvalue weighted by Gasteiger charge is -2.40. The largest absolute Gasteiger partial charge is 0.361 e. The van der Waals surface area contributed by atoms with Crippen LogP contribution in [0.2, 0.25) is 0 Å². The molecule has 0 aliphatic carbocycles. The fraction of sp³-hybridized carbons (Fsp3) is 0.588. The Morgan fingerprint density at radius 3 is 2.75 bits per heavy atom. The first-order valence-electron chi connectivity index (χ1n) is 8.42. The minimum atomic E-state index is 0.124. The number of carbonyl (C=O) groups excluding carboxylic acids is 1. The number of nitrogens with zero attached hydrogens (tertiary/aromatic N) is 5. The van der Waals surface area contributed by atoms with E-state index in [0.29, 0.717) is 13.0 Å². The van der Waals surface area contributed by atoms with Crippen LogP contribution < -0.4 is 0 Å². The van der Waals surface area contributed by atoms with E-state index in [0.717, 1.165) is 42.5 Å². The van der Waals surface area contributed by atoms with E-state index in [9.17, 15) is 4.79 Å². The van der Waals surface area contributed by atoms with Crippen LogP contribution in [0.1, 0.15) is 35.8 Å². The number of hydrogen-bond donors (Lipinski definition) is 0. The van der Waals surface area contributed by atoms with Gasteiger partial charge in [0.15, 0.2) is 0 Å². The molecule has 0 spiro atoms. The van der Waals surface area contributed by atoms with Gasteiger partial charge in [0.1, 0.15) is 11.6 Å². The van der Waals surface area contributed by atoms with Crippen molar-refractivity contribution in [2.45, 2.75) is 33.2 Å². The van der Waals surface area contributed by atoms with Crippen LogP contribution in [-0.2, 0) is 18.3 Å². The second-order valence-corrected chi connectivity index (χ2v) is 6.36. The highest BCUT2D eigenvalue weighted by Crippen LogP contribution is 2.24. The predicted octanol–water partition coefficient (Wildman–Crippen LogP) is 1.47. The van der Waals surface area contributed by atoms with Crippen molar-refractivity contribution in [3.05, 3.63) is 35.2 Å². The topological polar surface area (TPSA) is 67.4 Å². The summed E-state index contributed by atoms with van der Waals surface area (Å²) in [6, 6.07) is 0.136. The number of aromatic nitrogens is 3. The molecule has 3 heterocycles. The fourth-order valence-corrected chi connectivity index (χ4v) is 3.39. The van der Waals surface area contributed by atoms with Crippen molar-refractivity contribution in [1.29, 1.82) is 0 Å². The Hall–Kier alpha value is -2.15. The molecule has 2 aromatic heterocycles. The van der Waals surface area contributed by atoms with Gasteiger partial charge in [-0.05, 0) is 20.4 Å². The highest BCUT2D eigenvalue weighted by atomic mass is 16.5. The van der Waals surface area contributed by atoms with E-state index in [1.807, 2.05) is 42.8 Å². The monoisotopic (exact) mass is 331 g/mol. The summed E-state index contributed by atoms with van der Waals surface area (Å²) in [5.74, 6) is 1.86. The lowest BCUT2D eigenvalue weighted by Crippen LogP contribution is -2.51. The van der Waals surface area contributed by atoms with Crippen LogP contribution in [0.3, 0.4) is 0 Å². The van der Waals surface area contributed by atoms with Gasteiger partial charge in [-0.2, -0.15) is 0 Å². The standard InChI is InChI=1S/C17H25N5O2/c1-5-21-8-9-22(11-15(21)17-18-6-7-20(17)4)16(23)10-14-12(2)19-24-13(14)3/h6-7,15H,5,8-11H2,1-4H3. The molecule has 1 unspecified atom stereocenters. The molecule has 0 saturated carbocycles. The molecule has 7 nitrogen and oxygen atoms in total. The van der Waals surface area contributed by atoms with Gasteiger partial charge in [-0.3, -0.25) is 9.69 Å². The van der Waals surface area contributed by atoms with Crippen LogP contribution in [0.25, 0.3) is 0 Å². The Labute approximate surface area is 142 Å². The second-order valence-electron chi connectivity index (χ2n) is 6.36. The van der Waals surface area contributed by atoms with Gasteiger partial charge in [-0.25, -0.2) is 4.98 Å². The van der Waals surface area contributed by atoms with Gasteiger partial charge in [-0.15, -0.1) is 0 Å². The number of imidazole rings is 1. The molecule has 1 amide bonds. The summed E-state index contributed by atoms with van der Waals surface area (Å²) in [5, 5.41) is 3.94. The minimum Gasteiger partial charge on any atom is -0.361 e. The van der Waals surface area contributed by atoms with Crippen LogP contribution in [0.15, 0.2) is 16.9 Å². The van der Waals surface area contributed by atoms with E-state index < -0.39 is 0 Å². The first kappa shape index (κ1) is 16.7. The highest BCUT2D eigenvalue weighted by molar-refractivity contribution is 5.79. The molecular formula is C17H25N5O2. The zero-order valence-electron chi connectivity index (χ0n) is 14.8. The zero-order chi connectivity index (χ0) is 17.3. The minimum absolute atomic E-state index is 0.124. The summed E-state index contributed by atoms with van der Waals surface area (Å²) >= 11 is 0. The van der Waals surface area contributed by atoms with Crippen molar-refractivity contribution < 1.29 is 9.32 Å². The lowest BCUT2D eigenvalue weighted by atomic mass is 10.1. The SMILES string of the molecule is CCN1CCN(C(=O)Cc2c(C)noc2C)CC1c1nccn1C. The van der Waals surface area contributed by atoms with Gasteiger partial charge in [-0.1, -0.05) is 12.1 Å². The number of piperazine rings is 1. The van der Waals surface area contributed by atoms with Crippen molar-refractivity contribution in [2.24, 2.45) is 7.05 Å². The van der Waals surface area contributed by atoms with Gasteiger partial charge in [0.2, 0.25) is 5.91 Å². The first-order chi connectivity index (χ1) is 11.5. The Morgan fingerprint density at radius 1 is 1.38 bits per heavy atom. The number of amides is 1. The molecule has 2 aromatic rings. The van der Waals surface area contributed by atoms with Crippen LogP contribution >= 0.6 is 0 Å². The van der Waals surface area contributed by atoms with Crippen molar-refractivity contribution in [2.75, 3.05) is 26.2 Å². The summed E-state index contributed by atoms with van der Waals surface area (Å²) in [6.07, 6.45) is 4.11. The van der Waals surface area contributed by atoms with Gasteiger partial charge in [0.05, 0.1) is 18.2 Å². The maximum absolute atomic E-state index is 12.8. The van der Waals surface area contributed by atoms with Gasteiger partial charge in [0, 0.05) is 44.6 Å². The van der Waals surface area contributed by atoms with Crippen molar-refractivity contribution >= 4 is 5.91 Å². The Balaban J connectivity index is 1.75. The third kappa shape index (κ3) is 3.08. The van der Waals surface area contributed by atoms with Crippen molar-refractivity contribution in [3.63, 3.8) is 0 Å². The Bertz CT molecular complexity index is 701. The molecule has 1 fully saturated rings. The van der Waals surface area contributed by atoms with E-state index >= 15 is 0 Å². The molecule has 24 heavy (non-hydrogen) atoms. The summed E-state index contributed by atoms with van der Waals surface area (Å²) < 4.78 is 7.21.